The summed E-state index contributed by atoms with van der Waals surface area (Å²) in [6.45, 7) is 1.02. The molecule has 0 amide bonds. The molecule has 0 bridgehead atoms. The highest BCUT2D eigenvalue weighted by molar-refractivity contribution is 7.10. The first kappa shape index (κ1) is 8.23. The third-order valence-corrected chi connectivity index (χ3v) is 3.21. The number of thiophene rings is 1. The molecule has 1 aromatic heterocycles. The summed E-state index contributed by atoms with van der Waals surface area (Å²) in [6.07, 6.45) is 1.13. The van der Waals surface area contributed by atoms with Gasteiger partial charge in [0, 0.05) is 24.0 Å². The molecule has 0 radical (unpaired) electrons. The minimum atomic E-state index is 0.148. The first-order valence-corrected chi connectivity index (χ1v) is 5.05. The fourth-order valence-electron chi connectivity index (χ4n) is 1.59. The van der Waals surface area contributed by atoms with Crippen LogP contribution < -0.4 is 0 Å². The van der Waals surface area contributed by atoms with Crippen LogP contribution >= 0.6 is 11.3 Å². The maximum absolute atomic E-state index is 9.06. The van der Waals surface area contributed by atoms with Crippen LogP contribution in [0.1, 0.15) is 17.4 Å². The van der Waals surface area contributed by atoms with E-state index in [0.717, 1.165) is 13.0 Å². The standard InChI is InChI=1S/C9H12O2S/c10-6-7-3-4-11-9(7)8-2-1-5-12-8/h1-2,5,7,9-10H,3-4,6H2. The Morgan fingerprint density at radius 3 is 3.25 bits per heavy atom. The molecule has 1 fully saturated rings. The van der Waals surface area contributed by atoms with Gasteiger partial charge in [-0.2, -0.15) is 0 Å². The van der Waals surface area contributed by atoms with Crippen molar-refractivity contribution in [1.29, 1.82) is 0 Å². The Hall–Kier alpha value is -0.380. The van der Waals surface area contributed by atoms with Gasteiger partial charge in [0.15, 0.2) is 0 Å². The highest BCUT2D eigenvalue weighted by Gasteiger charge is 2.29. The summed E-state index contributed by atoms with van der Waals surface area (Å²) in [7, 11) is 0. The van der Waals surface area contributed by atoms with Crippen LogP contribution in [-0.4, -0.2) is 18.3 Å². The summed E-state index contributed by atoms with van der Waals surface area (Å²) in [5.41, 5.74) is 0. The van der Waals surface area contributed by atoms with Crippen molar-refractivity contribution in [3.05, 3.63) is 22.4 Å². The minimum Gasteiger partial charge on any atom is -0.396 e. The van der Waals surface area contributed by atoms with Gasteiger partial charge < -0.3 is 9.84 Å². The summed E-state index contributed by atoms with van der Waals surface area (Å²) in [6, 6.07) is 4.10. The first-order chi connectivity index (χ1) is 5.92. The van der Waals surface area contributed by atoms with Crippen molar-refractivity contribution in [1.82, 2.24) is 0 Å². The molecule has 1 aliphatic rings. The predicted molar refractivity (Wildman–Crippen MR) is 48.2 cm³/mol. The predicted octanol–water partition coefficient (Wildman–Crippen LogP) is 1.82. The zero-order chi connectivity index (χ0) is 8.39. The molecule has 1 aliphatic heterocycles. The van der Waals surface area contributed by atoms with Crippen LogP contribution in [0.15, 0.2) is 17.5 Å². The van der Waals surface area contributed by atoms with Gasteiger partial charge in [-0.05, 0) is 17.9 Å². The molecule has 0 aromatic carbocycles. The van der Waals surface area contributed by atoms with Gasteiger partial charge in [-0.1, -0.05) is 6.07 Å². The average Bonchev–Trinajstić information content (AvgIpc) is 2.74. The van der Waals surface area contributed by atoms with E-state index in [1.54, 1.807) is 11.3 Å². The Kier molecular flexibility index (Phi) is 2.44. The number of aliphatic hydroxyl groups excluding tert-OH is 1. The summed E-state index contributed by atoms with van der Waals surface area (Å²) in [5, 5.41) is 11.1. The fourth-order valence-corrected chi connectivity index (χ4v) is 2.45. The Bertz CT molecular complexity index is 233. The third-order valence-electron chi connectivity index (χ3n) is 2.27. The maximum atomic E-state index is 9.06. The molecule has 2 rings (SSSR count). The lowest BCUT2D eigenvalue weighted by Gasteiger charge is -2.13. The second-order valence-corrected chi connectivity index (χ2v) is 4.02. The molecular formula is C9H12O2S. The summed E-state index contributed by atoms with van der Waals surface area (Å²) in [4.78, 5) is 1.24. The number of hydrogen-bond acceptors (Lipinski definition) is 3. The van der Waals surface area contributed by atoms with Gasteiger partial charge in [0.25, 0.3) is 0 Å². The van der Waals surface area contributed by atoms with Gasteiger partial charge in [0.1, 0.15) is 0 Å². The molecule has 0 spiro atoms. The van der Waals surface area contributed by atoms with Gasteiger partial charge in [-0.15, -0.1) is 11.3 Å². The smallest absolute Gasteiger partial charge is 0.0967 e. The van der Waals surface area contributed by atoms with Crippen molar-refractivity contribution < 1.29 is 9.84 Å². The van der Waals surface area contributed by atoms with Crippen molar-refractivity contribution in [3.8, 4) is 0 Å². The van der Waals surface area contributed by atoms with E-state index < -0.39 is 0 Å². The van der Waals surface area contributed by atoms with E-state index in [2.05, 4.69) is 6.07 Å². The van der Waals surface area contributed by atoms with Crippen LogP contribution in [0, 0.1) is 5.92 Å². The molecule has 66 valence electrons. The molecule has 1 N–H and O–H groups in total. The lowest BCUT2D eigenvalue weighted by Crippen LogP contribution is -2.09. The second-order valence-electron chi connectivity index (χ2n) is 3.04. The molecule has 2 heterocycles. The lowest BCUT2D eigenvalue weighted by atomic mass is 10.0. The Morgan fingerprint density at radius 2 is 2.58 bits per heavy atom. The van der Waals surface area contributed by atoms with Crippen molar-refractivity contribution in [2.75, 3.05) is 13.2 Å². The van der Waals surface area contributed by atoms with Crippen LogP contribution in [0.3, 0.4) is 0 Å². The Labute approximate surface area is 75.8 Å². The molecule has 12 heavy (non-hydrogen) atoms. The summed E-state index contributed by atoms with van der Waals surface area (Å²) < 4.78 is 5.55. The van der Waals surface area contributed by atoms with Gasteiger partial charge >= 0.3 is 0 Å². The molecule has 2 atom stereocenters. The van der Waals surface area contributed by atoms with E-state index in [4.69, 9.17) is 9.84 Å². The van der Waals surface area contributed by atoms with Gasteiger partial charge in [0.2, 0.25) is 0 Å². The SMILES string of the molecule is OCC1CCOC1c1cccs1. The van der Waals surface area contributed by atoms with Crippen molar-refractivity contribution in [2.24, 2.45) is 5.92 Å². The molecule has 1 aromatic rings. The summed E-state index contributed by atoms with van der Waals surface area (Å²) in [5.74, 6) is 0.309. The van der Waals surface area contributed by atoms with Gasteiger partial charge in [-0.3, -0.25) is 0 Å². The van der Waals surface area contributed by atoms with Gasteiger partial charge in [0.05, 0.1) is 6.10 Å². The topological polar surface area (TPSA) is 29.5 Å². The maximum Gasteiger partial charge on any atom is 0.0967 e. The van der Waals surface area contributed by atoms with E-state index in [-0.39, 0.29) is 12.7 Å². The largest absolute Gasteiger partial charge is 0.396 e. The van der Waals surface area contributed by atoms with Crippen LogP contribution in [-0.2, 0) is 4.74 Å². The monoisotopic (exact) mass is 184 g/mol. The van der Waals surface area contributed by atoms with Crippen LogP contribution in [0.5, 0.6) is 0 Å². The van der Waals surface area contributed by atoms with E-state index >= 15 is 0 Å². The van der Waals surface area contributed by atoms with Crippen LogP contribution in [0.4, 0.5) is 0 Å². The molecule has 2 nitrogen and oxygen atoms in total. The summed E-state index contributed by atoms with van der Waals surface area (Å²) >= 11 is 1.70. The molecule has 2 unspecified atom stereocenters. The molecular weight excluding hydrogens is 172 g/mol. The number of ether oxygens (including phenoxy) is 1. The normalized spacial score (nSPS) is 29.4. The van der Waals surface area contributed by atoms with E-state index in [1.807, 2.05) is 11.4 Å². The first-order valence-electron chi connectivity index (χ1n) is 4.17. The molecule has 0 aliphatic carbocycles. The molecule has 0 saturated carbocycles. The molecule has 1 saturated heterocycles. The van der Waals surface area contributed by atoms with E-state index in [0.29, 0.717) is 5.92 Å². The highest BCUT2D eigenvalue weighted by atomic mass is 32.1. The van der Waals surface area contributed by atoms with E-state index in [9.17, 15) is 0 Å². The zero-order valence-electron chi connectivity index (χ0n) is 6.77. The van der Waals surface area contributed by atoms with Crippen LogP contribution in [0.25, 0.3) is 0 Å². The van der Waals surface area contributed by atoms with Crippen molar-refractivity contribution >= 4 is 11.3 Å². The fraction of sp³-hybridized carbons (Fsp3) is 0.556. The van der Waals surface area contributed by atoms with Crippen LogP contribution in [0.2, 0.25) is 0 Å². The molecule has 3 heteroatoms. The number of aliphatic hydroxyl groups is 1. The van der Waals surface area contributed by atoms with Crippen molar-refractivity contribution in [2.45, 2.75) is 12.5 Å². The Morgan fingerprint density at radius 1 is 1.67 bits per heavy atom. The Balaban J connectivity index is 2.13. The third kappa shape index (κ3) is 1.40. The quantitative estimate of drug-likeness (QED) is 0.759. The second kappa shape index (κ2) is 3.56. The number of hydrogen-bond donors (Lipinski definition) is 1. The minimum absolute atomic E-state index is 0.148. The lowest BCUT2D eigenvalue weighted by molar-refractivity contribution is 0.0747. The van der Waals surface area contributed by atoms with Crippen molar-refractivity contribution in [3.63, 3.8) is 0 Å². The number of rotatable bonds is 2. The zero-order valence-corrected chi connectivity index (χ0v) is 7.59. The van der Waals surface area contributed by atoms with Gasteiger partial charge in [-0.25, -0.2) is 0 Å². The van der Waals surface area contributed by atoms with E-state index in [1.165, 1.54) is 4.88 Å². The highest BCUT2D eigenvalue weighted by Crippen LogP contribution is 2.36. The average molecular weight is 184 g/mol.